The fourth-order valence-electron chi connectivity index (χ4n) is 2.50. The Bertz CT molecular complexity index is 1010. The highest BCUT2D eigenvalue weighted by Gasteiger charge is 2.12. The summed E-state index contributed by atoms with van der Waals surface area (Å²) in [5, 5.41) is 1.81. The number of carbonyl (C=O) groups excluding carboxylic acids is 2. The first-order chi connectivity index (χ1) is 13.6. The lowest BCUT2D eigenvalue weighted by atomic mass is 10.1. The molecule has 0 N–H and O–H groups in total. The molecule has 3 aromatic rings. The average molecular weight is 394 g/mol. The maximum absolute atomic E-state index is 12.6. The number of hydrogen-bond donors (Lipinski definition) is 0. The number of hydrogen-bond acceptors (Lipinski definition) is 6. The number of ether oxygens (including phenoxy) is 3. The van der Waals surface area contributed by atoms with Crippen LogP contribution in [0.5, 0.6) is 17.2 Å². The van der Waals surface area contributed by atoms with Gasteiger partial charge < -0.3 is 14.2 Å². The topological polar surface area (TPSA) is 61.8 Å². The zero-order valence-corrected chi connectivity index (χ0v) is 16.2. The largest absolute Gasteiger partial charge is 0.497 e. The number of allylic oxidation sites excluding steroid dienone is 1. The fraction of sp³-hybridized carbons (Fsp3) is 0.0909. The molecule has 0 bridgehead atoms. The molecule has 0 atom stereocenters. The van der Waals surface area contributed by atoms with Crippen LogP contribution in [0.3, 0.4) is 0 Å². The summed E-state index contributed by atoms with van der Waals surface area (Å²) in [6.45, 7) is 0. The number of rotatable bonds is 7. The average Bonchev–Trinajstić information content (AvgIpc) is 3.27. The molecule has 0 saturated heterocycles. The van der Waals surface area contributed by atoms with Crippen LogP contribution in [0.15, 0.2) is 66.1 Å². The minimum Gasteiger partial charge on any atom is -0.497 e. The van der Waals surface area contributed by atoms with E-state index >= 15 is 0 Å². The molecule has 0 saturated carbocycles. The highest BCUT2D eigenvalue weighted by Crippen LogP contribution is 2.25. The van der Waals surface area contributed by atoms with Crippen molar-refractivity contribution in [3.05, 3.63) is 82.1 Å². The summed E-state index contributed by atoms with van der Waals surface area (Å²) in [5.74, 6) is 0.811. The summed E-state index contributed by atoms with van der Waals surface area (Å²) in [6, 6.07) is 15.5. The van der Waals surface area contributed by atoms with Crippen LogP contribution < -0.4 is 14.2 Å². The van der Waals surface area contributed by atoms with Gasteiger partial charge in [0, 0.05) is 0 Å². The van der Waals surface area contributed by atoms with Crippen molar-refractivity contribution < 1.29 is 23.8 Å². The summed E-state index contributed by atoms with van der Waals surface area (Å²) in [5.41, 5.74) is 1.13. The summed E-state index contributed by atoms with van der Waals surface area (Å²) < 4.78 is 15.8. The van der Waals surface area contributed by atoms with Crippen LogP contribution in [0.25, 0.3) is 6.08 Å². The fourth-order valence-corrected chi connectivity index (χ4v) is 3.10. The van der Waals surface area contributed by atoms with Crippen LogP contribution in [0.1, 0.15) is 25.6 Å². The molecule has 28 heavy (non-hydrogen) atoms. The zero-order valence-electron chi connectivity index (χ0n) is 15.4. The second kappa shape index (κ2) is 9.01. The molecular weight excluding hydrogens is 376 g/mol. The number of methoxy groups -OCH3 is 2. The highest BCUT2D eigenvalue weighted by molar-refractivity contribution is 7.12. The van der Waals surface area contributed by atoms with Crippen molar-refractivity contribution in [3.8, 4) is 17.2 Å². The van der Waals surface area contributed by atoms with E-state index < -0.39 is 5.97 Å². The van der Waals surface area contributed by atoms with Crippen LogP contribution in [-0.4, -0.2) is 26.0 Å². The Hall–Kier alpha value is -3.38. The van der Waals surface area contributed by atoms with Crippen LogP contribution in [-0.2, 0) is 0 Å². The van der Waals surface area contributed by atoms with Gasteiger partial charge in [0.2, 0.25) is 0 Å². The van der Waals surface area contributed by atoms with Crippen molar-refractivity contribution >= 4 is 29.2 Å². The maximum Gasteiger partial charge on any atom is 0.353 e. The lowest BCUT2D eigenvalue weighted by molar-refractivity contribution is 0.0739. The van der Waals surface area contributed by atoms with E-state index in [1.165, 1.54) is 31.6 Å². The van der Waals surface area contributed by atoms with Gasteiger partial charge in [-0.05, 0) is 53.4 Å². The first kappa shape index (κ1) is 19.4. The number of esters is 1. The zero-order chi connectivity index (χ0) is 19.9. The molecule has 0 spiro atoms. The monoisotopic (exact) mass is 394 g/mol. The number of carbonyl (C=O) groups is 2. The van der Waals surface area contributed by atoms with Gasteiger partial charge in [0.05, 0.1) is 19.8 Å². The Kier molecular flexibility index (Phi) is 6.24. The van der Waals surface area contributed by atoms with E-state index in [4.69, 9.17) is 14.2 Å². The second-order valence-electron chi connectivity index (χ2n) is 5.70. The Morgan fingerprint density at radius 2 is 1.79 bits per heavy atom. The number of ketones is 1. The third-order valence-corrected chi connectivity index (χ3v) is 4.74. The van der Waals surface area contributed by atoms with Crippen LogP contribution >= 0.6 is 11.3 Å². The molecule has 0 radical (unpaired) electrons. The van der Waals surface area contributed by atoms with Crippen molar-refractivity contribution in [1.82, 2.24) is 0 Å². The van der Waals surface area contributed by atoms with E-state index in [0.717, 1.165) is 5.56 Å². The summed E-state index contributed by atoms with van der Waals surface area (Å²) >= 11 is 1.32. The van der Waals surface area contributed by atoms with Crippen molar-refractivity contribution in [1.29, 1.82) is 0 Å². The molecule has 0 fully saturated rings. The molecule has 0 aliphatic rings. The Labute approximate surface area is 166 Å². The Morgan fingerprint density at radius 1 is 0.929 bits per heavy atom. The van der Waals surface area contributed by atoms with E-state index in [1.807, 2.05) is 11.4 Å². The Morgan fingerprint density at radius 3 is 2.50 bits per heavy atom. The van der Waals surface area contributed by atoms with E-state index in [9.17, 15) is 9.59 Å². The van der Waals surface area contributed by atoms with Gasteiger partial charge in [-0.15, -0.1) is 11.3 Å². The predicted molar refractivity (Wildman–Crippen MR) is 109 cm³/mol. The van der Waals surface area contributed by atoms with Gasteiger partial charge in [0.25, 0.3) is 0 Å². The molecule has 1 aromatic heterocycles. The number of thiophene rings is 1. The van der Waals surface area contributed by atoms with Crippen molar-refractivity contribution in [3.63, 3.8) is 0 Å². The molecule has 0 aliphatic carbocycles. The van der Waals surface area contributed by atoms with E-state index in [-0.39, 0.29) is 5.78 Å². The number of benzene rings is 2. The van der Waals surface area contributed by atoms with Crippen LogP contribution in [0.4, 0.5) is 0 Å². The third-order valence-electron chi connectivity index (χ3n) is 3.89. The maximum atomic E-state index is 12.6. The summed E-state index contributed by atoms with van der Waals surface area (Å²) in [4.78, 5) is 25.2. The Balaban J connectivity index is 1.76. The lowest BCUT2D eigenvalue weighted by Gasteiger charge is -2.08. The quantitative estimate of drug-likeness (QED) is 0.247. The van der Waals surface area contributed by atoms with Crippen molar-refractivity contribution in [2.24, 2.45) is 0 Å². The van der Waals surface area contributed by atoms with Gasteiger partial charge in [-0.25, -0.2) is 4.79 Å². The standard InChI is InChI=1S/C22H18O5S/c1-25-16-9-11-20(26-2)18(14-16)19(23)10-8-15-5-3-6-17(13-15)27-22(24)21-7-4-12-28-21/h3-14H,1-2H3. The highest BCUT2D eigenvalue weighted by atomic mass is 32.1. The summed E-state index contributed by atoms with van der Waals surface area (Å²) in [7, 11) is 3.04. The molecule has 3 rings (SSSR count). The normalized spacial score (nSPS) is 10.6. The SMILES string of the molecule is COc1ccc(OC)c(C(=O)C=Cc2cccc(OC(=O)c3cccs3)c2)c1. The van der Waals surface area contributed by atoms with E-state index in [2.05, 4.69) is 0 Å². The third kappa shape index (κ3) is 4.66. The first-order valence-corrected chi connectivity index (χ1v) is 9.29. The lowest BCUT2D eigenvalue weighted by Crippen LogP contribution is -2.06. The first-order valence-electron chi connectivity index (χ1n) is 8.41. The second-order valence-corrected chi connectivity index (χ2v) is 6.65. The molecular formula is C22H18O5S. The van der Waals surface area contributed by atoms with Crippen molar-refractivity contribution in [2.45, 2.75) is 0 Å². The molecule has 0 unspecified atom stereocenters. The summed E-state index contributed by atoms with van der Waals surface area (Å²) in [6.07, 6.45) is 3.10. The van der Waals surface area contributed by atoms with Crippen molar-refractivity contribution in [2.75, 3.05) is 14.2 Å². The van der Waals surface area contributed by atoms with Gasteiger partial charge in [0.1, 0.15) is 22.1 Å². The van der Waals surface area contributed by atoms with E-state index in [1.54, 1.807) is 54.6 Å². The van der Waals surface area contributed by atoms with Gasteiger partial charge in [-0.3, -0.25) is 4.79 Å². The van der Waals surface area contributed by atoms with Gasteiger partial charge in [0.15, 0.2) is 5.78 Å². The molecule has 6 heteroatoms. The van der Waals surface area contributed by atoms with Crippen LogP contribution in [0, 0.1) is 0 Å². The van der Waals surface area contributed by atoms with Gasteiger partial charge in [-0.1, -0.05) is 24.3 Å². The van der Waals surface area contributed by atoms with Gasteiger partial charge in [-0.2, -0.15) is 0 Å². The van der Waals surface area contributed by atoms with Gasteiger partial charge >= 0.3 is 5.97 Å². The van der Waals surface area contributed by atoms with E-state index in [0.29, 0.717) is 27.7 Å². The minimum absolute atomic E-state index is 0.225. The molecule has 0 amide bonds. The molecule has 5 nitrogen and oxygen atoms in total. The smallest absolute Gasteiger partial charge is 0.353 e. The molecule has 1 heterocycles. The molecule has 0 aliphatic heterocycles. The van der Waals surface area contributed by atoms with Crippen LogP contribution in [0.2, 0.25) is 0 Å². The molecule has 142 valence electrons. The molecule has 2 aromatic carbocycles. The predicted octanol–water partition coefficient (Wildman–Crippen LogP) is 4.88. The minimum atomic E-state index is -0.409.